The Kier molecular flexibility index (Phi) is 2.09. The van der Waals surface area contributed by atoms with Crippen molar-refractivity contribution in [2.75, 3.05) is 0 Å². The van der Waals surface area contributed by atoms with Gasteiger partial charge in [0.1, 0.15) is 6.04 Å². The maximum Gasteiger partial charge on any atom is 0.267 e. The van der Waals surface area contributed by atoms with Gasteiger partial charge in [0.2, 0.25) is 0 Å². The number of fused-ring (bicyclic) bond motifs is 2. The molecule has 0 saturated carbocycles. The molecule has 2 N–H and O–H groups in total. The topological polar surface area (TPSA) is 72.5 Å². The second kappa shape index (κ2) is 3.71. The van der Waals surface area contributed by atoms with E-state index >= 15 is 0 Å². The van der Waals surface area contributed by atoms with Gasteiger partial charge in [-0.05, 0) is 17.2 Å². The van der Waals surface area contributed by atoms with Crippen molar-refractivity contribution in [1.82, 2.24) is 0 Å². The highest BCUT2D eigenvalue weighted by Crippen LogP contribution is 2.26. The molecule has 2 aromatic rings. The van der Waals surface area contributed by atoms with Gasteiger partial charge in [-0.2, -0.15) is 0 Å². The van der Waals surface area contributed by atoms with Crippen molar-refractivity contribution in [2.45, 2.75) is 6.04 Å². The van der Waals surface area contributed by atoms with Crippen LogP contribution in [0.4, 0.5) is 0 Å². The maximum absolute atomic E-state index is 12.6. The fraction of sp³-hybridized carbons (Fsp3) is 0.0625. The van der Waals surface area contributed by atoms with E-state index in [1.165, 1.54) is 0 Å². The van der Waals surface area contributed by atoms with Crippen LogP contribution in [0, 0.1) is 0 Å². The van der Waals surface area contributed by atoms with Crippen LogP contribution < -0.4 is 16.3 Å². The van der Waals surface area contributed by atoms with Crippen molar-refractivity contribution in [3.63, 3.8) is 0 Å². The van der Waals surface area contributed by atoms with Crippen molar-refractivity contribution >= 4 is 17.3 Å². The van der Waals surface area contributed by atoms with Gasteiger partial charge in [0.25, 0.3) is 5.91 Å². The van der Waals surface area contributed by atoms with Gasteiger partial charge in [0.05, 0.1) is 5.36 Å². The standard InChI is InChI=1S/C16H10N2O2/c17-14-13-8-4-1-2-5-9(8)15(19)10-6-3-7-11(12(10)13)18-16(14)20/h1-7,14H,17H2. The molecule has 4 rings (SSSR count). The molecular formula is C16H10N2O2. The van der Waals surface area contributed by atoms with E-state index in [1.807, 2.05) is 18.2 Å². The normalized spacial score (nSPS) is 19.2. The summed E-state index contributed by atoms with van der Waals surface area (Å²) in [7, 11) is 0. The molecule has 0 aromatic heterocycles. The molecule has 0 spiro atoms. The quantitative estimate of drug-likeness (QED) is 0.721. The van der Waals surface area contributed by atoms with Gasteiger partial charge in [0, 0.05) is 16.3 Å². The van der Waals surface area contributed by atoms with Gasteiger partial charge in [0.15, 0.2) is 5.78 Å². The molecule has 1 aliphatic heterocycles. The van der Waals surface area contributed by atoms with E-state index in [9.17, 15) is 9.59 Å². The molecule has 0 saturated heterocycles. The number of hydrogen-bond donors (Lipinski definition) is 1. The first-order valence-corrected chi connectivity index (χ1v) is 6.34. The molecule has 1 amide bonds. The summed E-state index contributed by atoms with van der Waals surface area (Å²) < 4.78 is 0. The lowest BCUT2D eigenvalue weighted by molar-refractivity contribution is -0.118. The lowest BCUT2D eigenvalue weighted by Gasteiger charge is -2.24. The van der Waals surface area contributed by atoms with Gasteiger partial charge >= 0.3 is 0 Å². The van der Waals surface area contributed by atoms with E-state index < -0.39 is 6.04 Å². The molecule has 0 bridgehead atoms. The van der Waals surface area contributed by atoms with Crippen LogP contribution in [-0.4, -0.2) is 17.7 Å². The van der Waals surface area contributed by atoms with E-state index in [0.29, 0.717) is 27.3 Å². The second-order valence-corrected chi connectivity index (χ2v) is 4.92. The minimum atomic E-state index is -0.807. The zero-order valence-electron chi connectivity index (χ0n) is 10.5. The third kappa shape index (κ3) is 1.26. The summed E-state index contributed by atoms with van der Waals surface area (Å²) in [6.45, 7) is 0. The lowest BCUT2D eigenvalue weighted by atomic mass is 9.81. The fourth-order valence-electron chi connectivity index (χ4n) is 2.94. The van der Waals surface area contributed by atoms with E-state index in [2.05, 4.69) is 4.99 Å². The van der Waals surface area contributed by atoms with Crippen molar-refractivity contribution in [2.24, 2.45) is 10.7 Å². The number of hydrogen-bond acceptors (Lipinski definition) is 3. The summed E-state index contributed by atoms with van der Waals surface area (Å²) in [4.78, 5) is 28.5. The molecule has 1 aliphatic carbocycles. The minimum Gasteiger partial charge on any atom is -0.316 e. The molecular weight excluding hydrogens is 252 g/mol. The predicted molar refractivity (Wildman–Crippen MR) is 72.6 cm³/mol. The Morgan fingerprint density at radius 1 is 0.900 bits per heavy atom. The van der Waals surface area contributed by atoms with Crippen molar-refractivity contribution in [1.29, 1.82) is 0 Å². The second-order valence-electron chi connectivity index (χ2n) is 4.92. The first kappa shape index (κ1) is 11.3. The highest BCUT2D eigenvalue weighted by molar-refractivity contribution is 6.16. The Morgan fingerprint density at radius 2 is 1.60 bits per heavy atom. The fourth-order valence-corrected chi connectivity index (χ4v) is 2.94. The van der Waals surface area contributed by atoms with Crippen LogP contribution in [0.1, 0.15) is 21.5 Å². The number of carbonyl (C=O) groups excluding carboxylic acids is 2. The zero-order valence-corrected chi connectivity index (χ0v) is 10.5. The van der Waals surface area contributed by atoms with Gasteiger partial charge in [-0.1, -0.05) is 36.4 Å². The smallest absolute Gasteiger partial charge is 0.267 e. The van der Waals surface area contributed by atoms with E-state index in [0.717, 1.165) is 5.56 Å². The molecule has 1 heterocycles. The minimum absolute atomic E-state index is 0.0436. The summed E-state index contributed by atoms with van der Waals surface area (Å²) in [6, 6.07) is 11.7. The van der Waals surface area contributed by atoms with Crippen molar-refractivity contribution in [3.05, 3.63) is 69.7 Å². The maximum atomic E-state index is 12.6. The molecule has 2 aliphatic rings. The number of nitrogens with zero attached hydrogens (tertiary/aromatic N) is 1. The average molecular weight is 262 g/mol. The molecule has 4 nitrogen and oxygen atoms in total. The van der Waals surface area contributed by atoms with Crippen LogP contribution in [0.3, 0.4) is 0 Å². The summed E-state index contributed by atoms with van der Waals surface area (Å²) in [5.41, 5.74) is 8.64. The first-order valence-electron chi connectivity index (χ1n) is 6.34. The Balaban J connectivity index is 2.30. The van der Waals surface area contributed by atoms with Crippen molar-refractivity contribution < 1.29 is 9.59 Å². The Labute approximate surface area is 114 Å². The number of amides is 1. The van der Waals surface area contributed by atoms with Gasteiger partial charge in [-0.15, -0.1) is 0 Å². The lowest BCUT2D eigenvalue weighted by Crippen LogP contribution is -2.48. The van der Waals surface area contributed by atoms with Gasteiger partial charge in [-0.25, -0.2) is 4.99 Å². The summed E-state index contributed by atoms with van der Waals surface area (Å²) in [5.74, 6) is -0.410. The highest BCUT2D eigenvalue weighted by Gasteiger charge is 2.32. The Morgan fingerprint density at radius 3 is 2.40 bits per heavy atom. The van der Waals surface area contributed by atoms with Crippen LogP contribution >= 0.6 is 0 Å². The Hall–Kier alpha value is -2.59. The number of carbonyl (C=O) groups is 2. The molecule has 20 heavy (non-hydrogen) atoms. The third-order valence-electron chi connectivity index (χ3n) is 3.83. The number of ketones is 1. The highest BCUT2D eigenvalue weighted by atomic mass is 16.1. The third-order valence-corrected chi connectivity index (χ3v) is 3.83. The zero-order chi connectivity index (χ0) is 13.9. The van der Waals surface area contributed by atoms with E-state index in [1.54, 1.807) is 24.3 Å². The van der Waals surface area contributed by atoms with Crippen LogP contribution in [0.15, 0.2) is 47.5 Å². The molecule has 4 heteroatoms. The molecule has 0 radical (unpaired) electrons. The number of nitrogens with two attached hydrogens (primary N) is 1. The van der Waals surface area contributed by atoms with Crippen molar-refractivity contribution in [3.8, 4) is 0 Å². The molecule has 96 valence electrons. The largest absolute Gasteiger partial charge is 0.316 e. The molecule has 2 aromatic carbocycles. The van der Waals surface area contributed by atoms with Gasteiger partial charge < -0.3 is 5.73 Å². The van der Waals surface area contributed by atoms with E-state index in [4.69, 9.17) is 5.73 Å². The Bertz CT molecular complexity index is 912. The van der Waals surface area contributed by atoms with Crippen LogP contribution in [-0.2, 0) is 4.79 Å². The summed E-state index contributed by atoms with van der Waals surface area (Å²) in [5, 5.41) is 1.25. The SMILES string of the molecule is NC1C(=O)N=c2cccc3c2=C1c1ccccc1C3=O. The summed E-state index contributed by atoms with van der Waals surface area (Å²) >= 11 is 0. The van der Waals surface area contributed by atoms with Gasteiger partial charge in [-0.3, -0.25) is 9.59 Å². The number of rotatable bonds is 0. The van der Waals surface area contributed by atoms with Crippen LogP contribution in [0.5, 0.6) is 0 Å². The number of benzene rings is 2. The molecule has 1 unspecified atom stereocenters. The molecule has 0 fully saturated rings. The molecule has 1 atom stereocenters. The van der Waals surface area contributed by atoms with Crippen LogP contribution in [0.2, 0.25) is 0 Å². The summed E-state index contributed by atoms with van der Waals surface area (Å²) in [6.07, 6.45) is 0. The van der Waals surface area contributed by atoms with Crippen LogP contribution in [0.25, 0.3) is 5.57 Å². The average Bonchev–Trinajstić information content (AvgIpc) is 2.47. The van der Waals surface area contributed by atoms with E-state index in [-0.39, 0.29) is 11.7 Å². The first-order chi connectivity index (χ1) is 9.68. The predicted octanol–water partition coefficient (Wildman–Crippen LogP) is -0.0829. The monoisotopic (exact) mass is 262 g/mol.